The second-order valence-electron chi connectivity index (χ2n) is 9.44. The van der Waals surface area contributed by atoms with Crippen LogP contribution in [0.1, 0.15) is 57.9 Å². The van der Waals surface area contributed by atoms with Crippen molar-refractivity contribution in [3.8, 4) is 0 Å². The van der Waals surface area contributed by atoms with E-state index < -0.39 is 29.7 Å². The number of carbonyl (C=O) groups excluding carboxylic acids is 5. The van der Waals surface area contributed by atoms with Crippen LogP contribution in [0.15, 0.2) is 64.9 Å². The zero-order chi connectivity index (χ0) is 26.8. The quantitative estimate of drug-likeness (QED) is 0.292. The number of Topliss-reactive ketones (excluding diaryl/α,β-unsaturated/α-hetero) is 1. The van der Waals surface area contributed by atoms with Crippen LogP contribution in [0.2, 0.25) is 0 Å². The lowest BCUT2D eigenvalue weighted by molar-refractivity contribution is -0.136. The van der Waals surface area contributed by atoms with Gasteiger partial charge in [0.2, 0.25) is 11.8 Å². The van der Waals surface area contributed by atoms with Gasteiger partial charge in [0.05, 0.1) is 23.2 Å². The number of hydrogen-bond acceptors (Lipinski definition) is 8. The van der Waals surface area contributed by atoms with Gasteiger partial charge in [-0.25, -0.2) is 0 Å². The van der Waals surface area contributed by atoms with Crippen LogP contribution in [0.25, 0.3) is 0 Å². The van der Waals surface area contributed by atoms with E-state index in [0.717, 1.165) is 10.5 Å². The number of aliphatic imine (C=N–C) groups is 1. The Hall–Kier alpha value is -4.60. The Kier molecular flexibility index (Phi) is 6.87. The number of imide groups is 2. The standard InChI is InChI=1S/C28H26N4O6/c33-22-13-17(16-5-2-1-3-6-16)14-23(34)19(22)15-29-11-12-30-20-8-4-7-18-25(20)28(38)32(27(18)37)21-9-10-24(35)31-26(21)36/h1-8,15,17,21,30,33H,9-14H2,(H,31,35,36). The molecule has 2 aromatic carbocycles. The van der Waals surface area contributed by atoms with Crippen molar-refractivity contribution in [3.63, 3.8) is 0 Å². The molecule has 38 heavy (non-hydrogen) atoms. The lowest BCUT2D eigenvalue weighted by Crippen LogP contribution is -2.54. The maximum Gasteiger partial charge on any atom is 0.264 e. The third-order valence-electron chi connectivity index (χ3n) is 7.00. The van der Waals surface area contributed by atoms with Crippen LogP contribution in [0.3, 0.4) is 0 Å². The highest BCUT2D eigenvalue weighted by Crippen LogP contribution is 2.34. The number of amides is 4. The number of piperidine rings is 1. The van der Waals surface area contributed by atoms with Gasteiger partial charge in [0.25, 0.3) is 11.8 Å². The summed E-state index contributed by atoms with van der Waals surface area (Å²) in [7, 11) is 0. The maximum absolute atomic E-state index is 13.2. The first kappa shape index (κ1) is 25.1. The smallest absolute Gasteiger partial charge is 0.264 e. The van der Waals surface area contributed by atoms with Crippen molar-refractivity contribution in [2.75, 3.05) is 18.4 Å². The molecule has 10 nitrogen and oxygen atoms in total. The first-order valence-corrected chi connectivity index (χ1v) is 12.4. The van der Waals surface area contributed by atoms with E-state index in [1.807, 2.05) is 30.3 Å². The third-order valence-corrected chi connectivity index (χ3v) is 7.00. The minimum absolute atomic E-state index is 0.0188. The molecule has 2 aromatic rings. The number of aliphatic hydroxyl groups excluding tert-OH is 1. The van der Waals surface area contributed by atoms with E-state index >= 15 is 0 Å². The third kappa shape index (κ3) is 4.72. The van der Waals surface area contributed by atoms with Crippen LogP contribution in [-0.2, 0) is 14.4 Å². The molecule has 2 heterocycles. The van der Waals surface area contributed by atoms with Gasteiger partial charge in [-0.2, -0.15) is 0 Å². The van der Waals surface area contributed by atoms with Gasteiger partial charge < -0.3 is 10.4 Å². The van der Waals surface area contributed by atoms with Gasteiger partial charge in [-0.1, -0.05) is 36.4 Å². The number of ketones is 1. The predicted octanol–water partition coefficient (Wildman–Crippen LogP) is 2.53. The molecular formula is C28H26N4O6. The van der Waals surface area contributed by atoms with Crippen molar-refractivity contribution in [2.45, 2.75) is 37.6 Å². The Morgan fingerprint density at radius 2 is 1.79 bits per heavy atom. The molecule has 5 rings (SSSR count). The summed E-state index contributed by atoms with van der Waals surface area (Å²) in [6, 6.07) is 13.4. The monoisotopic (exact) mass is 514 g/mol. The fourth-order valence-corrected chi connectivity index (χ4v) is 5.09. The number of aliphatic hydroxyl groups is 1. The van der Waals surface area contributed by atoms with Crippen LogP contribution < -0.4 is 10.6 Å². The molecule has 1 saturated heterocycles. The van der Waals surface area contributed by atoms with Gasteiger partial charge in [-0.3, -0.25) is 39.2 Å². The van der Waals surface area contributed by atoms with Crippen molar-refractivity contribution in [3.05, 3.63) is 76.6 Å². The summed E-state index contributed by atoms with van der Waals surface area (Å²) in [5.41, 5.74) is 1.99. The highest BCUT2D eigenvalue weighted by Gasteiger charge is 2.45. The summed E-state index contributed by atoms with van der Waals surface area (Å²) < 4.78 is 0. The van der Waals surface area contributed by atoms with Gasteiger partial charge in [0, 0.05) is 37.7 Å². The molecule has 1 aliphatic carbocycles. The molecule has 2 aliphatic heterocycles. The number of nitrogens with one attached hydrogen (secondary N) is 2. The molecule has 194 valence electrons. The number of carbonyl (C=O) groups is 5. The summed E-state index contributed by atoms with van der Waals surface area (Å²) in [6.45, 7) is 0.538. The minimum atomic E-state index is -1.03. The van der Waals surface area contributed by atoms with E-state index in [2.05, 4.69) is 15.6 Å². The second-order valence-corrected chi connectivity index (χ2v) is 9.44. The zero-order valence-electron chi connectivity index (χ0n) is 20.5. The average Bonchev–Trinajstić information content (AvgIpc) is 3.16. The maximum atomic E-state index is 13.2. The summed E-state index contributed by atoms with van der Waals surface area (Å²) in [4.78, 5) is 67.7. The van der Waals surface area contributed by atoms with Crippen molar-refractivity contribution in [1.82, 2.24) is 10.2 Å². The Labute approximate surface area is 218 Å². The van der Waals surface area contributed by atoms with E-state index in [9.17, 15) is 29.1 Å². The van der Waals surface area contributed by atoms with E-state index in [4.69, 9.17) is 0 Å². The Morgan fingerprint density at radius 3 is 2.53 bits per heavy atom. The number of fused-ring (bicyclic) bond motifs is 1. The van der Waals surface area contributed by atoms with E-state index in [1.54, 1.807) is 12.1 Å². The van der Waals surface area contributed by atoms with Crippen molar-refractivity contribution < 1.29 is 29.1 Å². The zero-order valence-corrected chi connectivity index (χ0v) is 20.5. The number of benzene rings is 2. The van der Waals surface area contributed by atoms with Crippen LogP contribution in [0.4, 0.5) is 5.69 Å². The number of rotatable bonds is 7. The molecule has 10 heteroatoms. The SMILES string of the molecule is O=C1CCC(N2C(=O)c3cccc(NCCN=CC4=C(O)CC(c5ccccc5)CC4=O)c3C2=O)C(=O)N1. The largest absolute Gasteiger partial charge is 0.511 e. The highest BCUT2D eigenvalue weighted by molar-refractivity contribution is 6.25. The molecule has 0 bridgehead atoms. The lowest BCUT2D eigenvalue weighted by Gasteiger charge is -2.27. The molecule has 4 amide bonds. The van der Waals surface area contributed by atoms with Crippen molar-refractivity contribution in [2.24, 2.45) is 4.99 Å². The molecule has 0 aromatic heterocycles. The van der Waals surface area contributed by atoms with Crippen LogP contribution in [0, 0.1) is 0 Å². The number of nitrogens with zero attached hydrogens (tertiary/aromatic N) is 2. The van der Waals surface area contributed by atoms with Gasteiger partial charge in [-0.05, 0) is 30.0 Å². The predicted molar refractivity (Wildman–Crippen MR) is 138 cm³/mol. The molecule has 2 unspecified atom stereocenters. The summed E-state index contributed by atoms with van der Waals surface area (Å²) in [6.07, 6.45) is 2.18. The van der Waals surface area contributed by atoms with E-state index in [1.165, 1.54) is 12.3 Å². The molecule has 0 saturated carbocycles. The number of hydrogen-bond donors (Lipinski definition) is 3. The fraction of sp³-hybridized carbons (Fsp3) is 0.286. The first-order valence-electron chi connectivity index (χ1n) is 12.4. The Balaban J connectivity index is 1.22. The molecule has 0 spiro atoms. The summed E-state index contributed by atoms with van der Waals surface area (Å²) >= 11 is 0. The average molecular weight is 515 g/mol. The molecule has 3 N–H and O–H groups in total. The van der Waals surface area contributed by atoms with Crippen LogP contribution in [-0.4, -0.2) is 64.8 Å². The molecule has 3 aliphatic rings. The van der Waals surface area contributed by atoms with E-state index in [0.29, 0.717) is 25.1 Å². The van der Waals surface area contributed by atoms with Crippen molar-refractivity contribution >= 4 is 41.3 Å². The lowest BCUT2D eigenvalue weighted by atomic mass is 9.83. The molecular weight excluding hydrogens is 488 g/mol. The fourth-order valence-electron chi connectivity index (χ4n) is 5.09. The van der Waals surface area contributed by atoms with Gasteiger partial charge >= 0.3 is 0 Å². The van der Waals surface area contributed by atoms with Crippen LogP contribution >= 0.6 is 0 Å². The second kappa shape index (κ2) is 10.4. The van der Waals surface area contributed by atoms with Gasteiger partial charge in [0.1, 0.15) is 11.8 Å². The normalized spacial score (nSPS) is 21.8. The molecule has 0 radical (unpaired) electrons. The Bertz CT molecular complexity index is 1400. The van der Waals surface area contributed by atoms with E-state index in [-0.39, 0.29) is 53.5 Å². The number of allylic oxidation sites excluding steroid dienone is 2. The van der Waals surface area contributed by atoms with Gasteiger partial charge in [-0.15, -0.1) is 0 Å². The van der Waals surface area contributed by atoms with Crippen LogP contribution in [0.5, 0.6) is 0 Å². The topological polar surface area (TPSA) is 145 Å². The van der Waals surface area contributed by atoms with Gasteiger partial charge in [0.15, 0.2) is 5.78 Å². The molecule has 2 atom stereocenters. The Morgan fingerprint density at radius 1 is 1.00 bits per heavy atom. The van der Waals surface area contributed by atoms with Crippen molar-refractivity contribution in [1.29, 1.82) is 0 Å². The summed E-state index contributed by atoms with van der Waals surface area (Å²) in [5, 5.41) is 15.7. The highest BCUT2D eigenvalue weighted by atomic mass is 16.3. The summed E-state index contributed by atoms with van der Waals surface area (Å²) in [5.74, 6) is -2.48. The first-order chi connectivity index (χ1) is 18.3. The number of anilines is 1. The minimum Gasteiger partial charge on any atom is -0.511 e. The molecule has 1 fully saturated rings.